The quantitative estimate of drug-likeness (QED) is 0.649. The highest BCUT2D eigenvalue weighted by Gasteiger charge is 2.21. The van der Waals surface area contributed by atoms with Gasteiger partial charge >= 0.3 is 0 Å². The second-order valence-corrected chi connectivity index (χ2v) is 4.00. The van der Waals surface area contributed by atoms with Crippen molar-refractivity contribution in [2.45, 2.75) is 19.3 Å². The Morgan fingerprint density at radius 2 is 2.27 bits per heavy atom. The van der Waals surface area contributed by atoms with Gasteiger partial charge in [0, 0.05) is 12.7 Å². The molecule has 0 radical (unpaired) electrons. The van der Waals surface area contributed by atoms with Gasteiger partial charge in [-0.1, -0.05) is 0 Å². The minimum absolute atomic E-state index is 0.0445. The van der Waals surface area contributed by atoms with Gasteiger partial charge < -0.3 is 10.3 Å². The molecule has 0 spiro atoms. The summed E-state index contributed by atoms with van der Waals surface area (Å²) in [6.45, 7) is 0. The molecule has 2 aromatic rings. The van der Waals surface area contributed by atoms with Gasteiger partial charge in [-0.3, -0.25) is 9.89 Å². The summed E-state index contributed by atoms with van der Waals surface area (Å²) in [6, 6.07) is 0. The monoisotopic (exact) mass is 204 g/mol. The zero-order chi connectivity index (χ0) is 10.6. The third-order valence-corrected chi connectivity index (χ3v) is 3.21. The van der Waals surface area contributed by atoms with Crippen molar-refractivity contribution in [1.29, 1.82) is 0 Å². The van der Waals surface area contributed by atoms with Crippen LogP contribution in [-0.4, -0.2) is 14.8 Å². The number of nitrogens with one attached hydrogen (secondary N) is 1. The number of rotatable bonds is 0. The fourth-order valence-corrected chi connectivity index (χ4v) is 2.45. The molecule has 1 aliphatic rings. The average molecular weight is 204 g/mol. The summed E-state index contributed by atoms with van der Waals surface area (Å²) in [5.74, 6) is 0.306. The van der Waals surface area contributed by atoms with Crippen molar-refractivity contribution in [2.24, 2.45) is 7.05 Å². The Kier molecular flexibility index (Phi) is 1.49. The molecule has 0 amide bonds. The molecule has 0 unspecified atom stereocenters. The van der Waals surface area contributed by atoms with Gasteiger partial charge in [0.05, 0.1) is 5.52 Å². The number of fused-ring (bicyclic) bond motifs is 3. The number of nitrogen functional groups attached to an aromatic ring is 1. The summed E-state index contributed by atoms with van der Waals surface area (Å²) < 4.78 is 1.70. The second-order valence-electron chi connectivity index (χ2n) is 4.00. The highest BCUT2D eigenvalue weighted by atomic mass is 16.1. The van der Waals surface area contributed by atoms with E-state index >= 15 is 0 Å². The first-order valence-corrected chi connectivity index (χ1v) is 5.04. The van der Waals surface area contributed by atoms with E-state index in [-0.39, 0.29) is 5.56 Å². The fraction of sp³-hybridized carbons (Fsp3) is 0.400. The van der Waals surface area contributed by atoms with Crippen LogP contribution >= 0.6 is 0 Å². The summed E-state index contributed by atoms with van der Waals surface area (Å²) in [6.07, 6.45) is 3.07. The third kappa shape index (κ3) is 0.921. The van der Waals surface area contributed by atoms with E-state index in [1.807, 2.05) is 0 Å². The average Bonchev–Trinajstić information content (AvgIpc) is 2.80. The lowest BCUT2D eigenvalue weighted by molar-refractivity contribution is 0.786. The summed E-state index contributed by atoms with van der Waals surface area (Å²) in [7, 11) is 1.80. The molecule has 0 aliphatic heterocycles. The highest BCUT2D eigenvalue weighted by Crippen LogP contribution is 2.27. The van der Waals surface area contributed by atoms with Crippen LogP contribution in [0.15, 0.2) is 4.79 Å². The summed E-state index contributed by atoms with van der Waals surface area (Å²) >= 11 is 0. The molecule has 3 N–H and O–H groups in total. The molecule has 0 fully saturated rings. The molecule has 5 nitrogen and oxygen atoms in total. The van der Waals surface area contributed by atoms with Gasteiger partial charge in [-0.15, -0.1) is 0 Å². The molecule has 0 saturated carbocycles. The number of H-pyrrole nitrogens is 1. The Hall–Kier alpha value is -1.78. The molecule has 1 aliphatic carbocycles. The number of pyridine rings is 1. The lowest BCUT2D eigenvalue weighted by atomic mass is 10.1. The Bertz CT molecular complexity index is 608. The van der Waals surface area contributed by atoms with Crippen LogP contribution in [0.5, 0.6) is 0 Å². The number of aryl methyl sites for hydroxylation is 1. The van der Waals surface area contributed by atoms with Gasteiger partial charge in [-0.25, -0.2) is 0 Å². The smallest absolute Gasteiger partial charge is 0.263 e. The normalized spacial score (nSPS) is 14.7. The van der Waals surface area contributed by atoms with Gasteiger partial charge in [-0.2, -0.15) is 5.10 Å². The summed E-state index contributed by atoms with van der Waals surface area (Å²) in [4.78, 5) is 12.0. The van der Waals surface area contributed by atoms with Crippen LogP contribution in [0.3, 0.4) is 0 Å². The molecule has 78 valence electrons. The van der Waals surface area contributed by atoms with E-state index in [1.54, 1.807) is 11.6 Å². The Balaban J connectivity index is 2.59. The predicted molar refractivity (Wildman–Crippen MR) is 57.8 cm³/mol. The van der Waals surface area contributed by atoms with E-state index in [0.29, 0.717) is 11.2 Å². The molecule has 3 rings (SSSR count). The number of hydrogen-bond donors (Lipinski definition) is 2. The Morgan fingerprint density at radius 3 is 3.07 bits per heavy atom. The molecule has 2 heterocycles. The zero-order valence-electron chi connectivity index (χ0n) is 8.50. The van der Waals surface area contributed by atoms with Gasteiger partial charge in [0.25, 0.3) is 5.56 Å². The topological polar surface area (TPSA) is 76.7 Å². The third-order valence-electron chi connectivity index (χ3n) is 3.21. The van der Waals surface area contributed by atoms with Crippen molar-refractivity contribution in [2.75, 3.05) is 5.73 Å². The van der Waals surface area contributed by atoms with E-state index in [9.17, 15) is 4.79 Å². The van der Waals surface area contributed by atoms with Crippen LogP contribution in [0.2, 0.25) is 0 Å². The molecular formula is C10H12N4O. The van der Waals surface area contributed by atoms with Crippen LogP contribution in [-0.2, 0) is 19.9 Å². The summed E-state index contributed by atoms with van der Waals surface area (Å²) in [5.41, 5.74) is 8.80. The summed E-state index contributed by atoms with van der Waals surface area (Å²) in [5, 5.41) is 7.32. The number of hydrogen-bond acceptors (Lipinski definition) is 3. The van der Waals surface area contributed by atoms with E-state index in [4.69, 9.17) is 5.73 Å². The van der Waals surface area contributed by atoms with E-state index in [0.717, 1.165) is 30.5 Å². The van der Waals surface area contributed by atoms with Crippen molar-refractivity contribution in [3.63, 3.8) is 0 Å². The molecular weight excluding hydrogens is 192 g/mol. The highest BCUT2D eigenvalue weighted by molar-refractivity contribution is 5.90. The number of aromatic amines is 1. The van der Waals surface area contributed by atoms with Crippen LogP contribution in [0.4, 0.5) is 5.82 Å². The van der Waals surface area contributed by atoms with Gasteiger partial charge in [0.15, 0.2) is 5.82 Å². The minimum Gasteiger partial charge on any atom is -0.382 e. The maximum atomic E-state index is 12.0. The van der Waals surface area contributed by atoms with E-state index < -0.39 is 0 Å². The zero-order valence-corrected chi connectivity index (χ0v) is 8.50. The predicted octanol–water partition coefficient (Wildman–Crippen LogP) is 0.332. The van der Waals surface area contributed by atoms with Gasteiger partial charge in [0.1, 0.15) is 5.39 Å². The molecule has 0 aromatic carbocycles. The SMILES string of the molecule is Cn1c2c(c3[nH]nc(N)c3c1=O)CCC2. The first kappa shape index (κ1) is 8.52. The molecule has 0 bridgehead atoms. The largest absolute Gasteiger partial charge is 0.382 e. The lowest BCUT2D eigenvalue weighted by Crippen LogP contribution is -2.21. The fourth-order valence-electron chi connectivity index (χ4n) is 2.45. The molecule has 2 aromatic heterocycles. The van der Waals surface area contributed by atoms with Crippen LogP contribution in [0.1, 0.15) is 17.7 Å². The molecule has 5 heteroatoms. The molecule has 15 heavy (non-hydrogen) atoms. The first-order valence-electron chi connectivity index (χ1n) is 5.04. The van der Waals surface area contributed by atoms with Crippen LogP contribution in [0.25, 0.3) is 10.9 Å². The second kappa shape index (κ2) is 2.62. The van der Waals surface area contributed by atoms with Crippen LogP contribution in [0, 0.1) is 0 Å². The van der Waals surface area contributed by atoms with Crippen molar-refractivity contribution < 1.29 is 0 Å². The maximum Gasteiger partial charge on any atom is 0.263 e. The molecule has 0 saturated heterocycles. The van der Waals surface area contributed by atoms with Crippen molar-refractivity contribution in [3.8, 4) is 0 Å². The van der Waals surface area contributed by atoms with Crippen molar-refractivity contribution in [1.82, 2.24) is 14.8 Å². The number of aromatic nitrogens is 3. The Labute approximate surface area is 85.9 Å². The van der Waals surface area contributed by atoms with Gasteiger partial charge in [0.2, 0.25) is 0 Å². The van der Waals surface area contributed by atoms with Crippen molar-refractivity contribution >= 4 is 16.7 Å². The van der Waals surface area contributed by atoms with Gasteiger partial charge in [-0.05, 0) is 24.8 Å². The van der Waals surface area contributed by atoms with Crippen LogP contribution < -0.4 is 11.3 Å². The van der Waals surface area contributed by atoms with Crippen molar-refractivity contribution in [3.05, 3.63) is 21.6 Å². The standard InChI is InChI=1S/C10H12N4O/c1-14-6-4-2-3-5(6)8-7(10(14)15)9(11)13-12-8/h2-4H2,1H3,(H3,11,12,13). The number of anilines is 1. The maximum absolute atomic E-state index is 12.0. The number of nitrogens with two attached hydrogens (primary N) is 1. The first-order chi connectivity index (χ1) is 7.20. The number of nitrogens with zero attached hydrogens (tertiary/aromatic N) is 2. The lowest BCUT2D eigenvalue weighted by Gasteiger charge is -2.07. The molecule has 0 atom stereocenters. The van der Waals surface area contributed by atoms with E-state index in [2.05, 4.69) is 10.2 Å². The Morgan fingerprint density at radius 1 is 1.47 bits per heavy atom. The minimum atomic E-state index is -0.0445. The van der Waals surface area contributed by atoms with E-state index in [1.165, 1.54) is 5.56 Å².